The van der Waals surface area contributed by atoms with E-state index in [1.165, 1.54) is 11.1 Å². The molecule has 1 aliphatic carbocycles. The van der Waals surface area contributed by atoms with Gasteiger partial charge in [0.2, 0.25) is 0 Å². The summed E-state index contributed by atoms with van der Waals surface area (Å²) in [5, 5.41) is 10.7. The van der Waals surface area contributed by atoms with Gasteiger partial charge in [-0.25, -0.2) is 11.6 Å². The van der Waals surface area contributed by atoms with Gasteiger partial charge in [0.05, 0.1) is 10.2 Å². The molecule has 0 amide bonds. The smallest absolute Gasteiger partial charge is 0.171 e. The zero-order chi connectivity index (χ0) is 26.9. The predicted molar refractivity (Wildman–Crippen MR) is 165 cm³/mol. The van der Waals surface area contributed by atoms with Crippen molar-refractivity contribution in [3.8, 4) is 5.75 Å². The van der Waals surface area contributed by atoms with Gasteiger partial charge in [-0.3, -0.25) is 6.08 Å². The summed E-state index contributed by atoms with van der Waals surface area (Å²) in [7, 11) is 3.51. The maximum atomic E-state index is 9.66. The molecular weight excluding hydrogens is 547 g/mol. The second-order valence-electron chi connectivity index (χ2n) is 8.83. The minimum atomic E-state index is 0. The number of allylic oxidation sites excluding steroid dienone is 4. The Balaban J connectivity index is -0.000000414. The van der Waals surface area contributed by atoms with Crippen LogP contribution in [0.15, 0.2) is 78.4 Å². The first kappa shape index (κ1) is 39.8. The summed E-state index contributed by atoms with van der Waals surface area (Å²) in [6, 6.07) is 25.0. The van der Waals surface area contributed by atoms with Gasteiger partial charge in [0.15, 0.2) is 0 Å². The number of phenolic OH excluding ortho intramolecular Hbond substituents is 1. The molecule has 37 heavy (non-hydrogen) atoms. The summed E-state index contributed by atoms with van der Waals surface area (Å²) in [5.74, 6) is 0.406. The molecule has 3 aromatic rings. The average Bonchev–Trinajstić information content (AvgIpc) is 3.46. The molecule has 1 aliphatic rings. The molecule has 4 rings (SSSR count). The van der Waals surface area contributed by atoms with E-state index in [4.69, 9.17) is 0 Å². The monoisotopic (exact) mass is 586 g/mol. The number of aromatic hydroxyl groups is 1. The van der Waals surface area contributed by atoms with Gasteiger partial charge in [0.25, 0.3) is 0 Å². The normalized spacial score (nSPS) is 10.5. The fourth-order valence-electron chi connectivity index (χ4n) is 2.93. The van der Waals surface area contributed by atoms with Gasteiger partial charge in [-0.1, -0.05) is 26.0 Å². The zero-order valence-corrected chi connectivity index (χ0v) is 27.3. The molecule has 5 heteroatoms. The third kappa shape index (κ3) is 16.0. The molecule has 1 nitrogen and oxygen atoms in total. The first-order chi connectivity index (χ1) is 16.6. The maximum Gasteiger partial charge on any atom is -0.171 e. The number of phenols is 1. The molecule has 3 aromatic carbocycles. The van der Waals surface area contributed by atoms with E-state index in [9.17, 15) is 5.11 Å². The van der Waals surface area contributed by atoms with Crippen molar-refractivity contribution in [3.63, 3.8) is 0 Å². The minimum Gasteiger partial charge on any atom is -0.184 e. The second kappa shape index (κ2) is 22.3. The molecule has 0 aromatic heterocycles. The van der Waals surface area contributed by atoms with Crippen molar-refractivity contribution in [1.82, 2.24) is 0 Å². The molecule has 199 valence electrons. The quantitative estimate of drug-likeness (QED) is 0.209. The van der Waals surface area contributed by atoms with Crippen LogP contribution in [0.1, 0.15) is 49.4 Å². The molecule has 0 saturated carbocycles. The van der Waals surface area contributed by atoms with Gasteiger partial charge in [-0.05, 0) is 55.4 Å². The van der Waals surface area contributed by atoms with Gasteiger partial charge in [-0.2, -0.15) is 78.9 Å². The van der Waals surface area contributed by atoms with Crippen LogP contribution in [-0.4, -0.2) is 20.2 Å². The van der Waals surface area contributed by atoms with Gasteiger partial charge >= 0.3 is 24.8 Å². The van der Waals surface area contributed by atoms with Gasteiger partial charge in [0.1, 0.15) is 5.75 Å². The molecule has 0 bridgehead atoms. The van der Waals surface area contributed by atoms with E-state index in [1.54, 1.807) is 20.0 Å². The first-order valence-electron chi connectivity index (χ1n) is 11.5. The van der Waals surface area contributed by atoms with E-state index in [0.717, 1.165) is 28.3 Å². The maximum absolute atomic E-state index is 9.66. The summed E-state index contributed by atoms with van der Waals surface area (Å²) >= 11 is 1.75. The largest absolute Gasteiger partial charge is 0.184 e. The summed E-state index contributed by atoms with van der Waals surface area (Å²) in [5.41, 5.74) is 5.91. The topological polar surface area (TPSA) is 20.2 Å². The van der Waals surface area contributed by atoms with Crippen LogP contribution in [-0.2, 0) is 20.0 Å². The molecule has 0 unspecified atom stereocenters. The fraction of sp³-hybridized carbons (Fsp3) is 0.281. The Morgan fingerprint density at radius 2 is 1.19 bits per heavy atom. The Morgan fingerprint density at radius 3 is 1.43 bits per heavy atom. The van der Waals surface area contributed by atoms with Gasteiger partial charge in [0, 0.05) is 0 Å². The van der Waals surface area contributed by atoms with Crippen molar-refractivity contribution in [3.05, 3.63) is 119 Å². The Bertz CT molecular complexity index is 854. The van der Waals surface area contributed by atoms with E-state index in [1.807, 2.05) is 81.4 Å². The van der Waals surface area contributed by atoms with Crippen molar-refractivity contribution in [2.75, 3.05) is 0 Å². The Kier molecular flexibility index (Phi) is 24.0. The van der Waals surface area contributed by atoms with E-state index >= 15 is 0 Å². The van der Waals surface area contributed by atoms with Gasteiger partial charge < -0.3 is 5.11 Å². The average molecular weight is 588 g/mol. The molecular formula is C32H40Cl2OSiTi-3. The van der Waals surface area contributed by atoms with E-state index in [-0.39, 0.29) is 24.8 Å². The van der Waals surface area contributed by atoms with Crippen molar-refractivity contribution in [1.29, 1.82) is 0 Å². The molecule has 0 heterocycles. The van der Waals surface area contributed by atoms with Crippen molar-refractivity contribution in [2.45, 2.75) is 54.9 Å². The first-order valence-corrected chi connectivity index (χ1v) is 13.1. The molecule has 1 N–H and O–H groups in total. The van der Waals surface area contributed by atoms with Crippen LogP contribution in [0, 0.1) is 51.3 Å². The van der Waals surface area contributed by atoms with Crippen LogP contribution in [0.25, 0.3) is 0 Å². The van der Waals surface area contributed by atoms with Crippen LogP contribution in [0.3, 0.4) is 0 Å². The number of hydrogen-bond donors (Lipinski definition) is 1. The molecule has 0 fully saturated rings. The van der Waals surface area contributed by atoms with Gasteiger partial charge in [-0.15, -0.1) is 31.2 Å². The van der Waals surface area contributed by atoms with Crippen LogP contribution >= 0.6 is 24.8 Å². The van der Waals surface area contributed by atoms with E-state index in [0.29, 0.717) is 11.2 Å². The Morgan fingerprint density at radius 1 is 0.757 bits per heavy atom. The number of benzene rings is 3. The van der Waals surface area contributed by atoms with Crippen molar-refractivity contribution in [2.24, 2.45) is 5.41 Å². The summed E-state index contributed by atoms with van der Waals surface area (Å²) in [6.45, 7) is 14.6. The van der Waals surface area contributed by atoms with Crippen LogP contribution in [0.4, 0.5) is 0 Å². The molecule has 0 saturated heterocycles. The standard InChI is InChI=1S/C10H13OSi.C9H13.2C6H5.CH2.2ClH.Ti/c1-5-6(2)9(11)8(4)10(12)7(5)3;1-9(2,3)8-6-4-5-7-8;2*1-2-4-6-5-3-1;;;;/h11H,1-4H3;4,6H,5H2,1-3H3;2*1-5H;1H2;2*1H;/q;3*-1;;;;. The summed E-state index contributed by atoms with van der Waals surface area (Å²) in [4.78, 5) is 3.25. The predicted octanol–water partition coefficient (Wildman–Crippen LogP) is 7.92. The fourth-order valence-corrected chi connectivity index (χ4v) is 3.24. The van der Waals surface area contributed by atoms with Crippen LogP contribution in [0.2, 0.25) is 0 Å². The number of hydrogen-bond acceptors (Lipinski definition) is 1. The summed E-state index contributed by atoms with van der Waals surface area (Å²) < 4.78 is 0. The SMILES string of the molecule is CC(C)(C)C1=[C-]CC=C1.Cc1c(C)c(O)c(C)c([Si])c1C.Cl.Cl.[CH2]=[Ti].[c-]1ccccc1.[c-]1ccccc1. The molecule has 3 radical (unpaired) electrons. The minimum absolute atomic E-state index is 0. The Labute approximate surface area is 253 Å². The van der Waals surface area contributed by atoms with E-state index < -0.39 is 0 Å². The number of rotatable bonds is 0. The molecule has 0 spiro atoms. The zero-order valence-electron chi connectivity index (χ0n) is 23.1. The summed E-state index contributed by atoms with van der Waals surface area (Å²) in [6.07, 6.45) is 8.63. The van der Waals surface area contributed by atoms with Crippen LogP contribution < -0.4 is 5.19 Å². The van der Waals surface area contributed by atoms with E-state index in [2.05, 4.69) is 73.1 Å². The third-order valence-corrected chi connectivity index (χ3v) is 6.05. The van der Waals surface area contributed by atoms with Crippen LogP contribution in [0.5, 0.6) is 5.75 Å². The number of halogens is 2. The molecule has 0 aliphatic heterocycles. The van der Waals surface area contributed by atoms with Crippen molar-refractivity contribution < 1.29 is 25.1 Å². The molecule has 0 atom stereocenters. The second-order valence-corrected chi connectivity index (χ2v) is 9.33. The Hall–Kier alpha value is -1.68. The van der Waals surface area contributed by atoms with Crippen molar-refractivity contribution >= 4 is 45.1 Å². The third-order valence-electron chi connectivity index (χ3n) is 5.30.